The highest BCUT2D eigenvalue weighted by molar-refractivity contribution is 5.86. The average molecular weight is 266 g/mol. The second-order valence-corrected chi connectivity index (χ2v) is 4.92. The minimum absolute atomic E-state index is 0.00995. The molecule has 0 aromatic carbocycles. The monoisotopic (exact) mass is 266 g/mol. The Kier molecular flexibility index (Phi) is 3.84. The molecule has 2 rings (SSSR count). The summed E-state index contributed by atoms with van der Waals surface area (Å²) in [7, 11) is 0. The SMILES string of the molecule is CC1(C(=O)NCCn2cnc(C(=O)O)c2)CCCN1. The molecule has 1 atom stereocenters. The Labute approximate surface area is 111 Å². The fourth-order valence-corrected chi connectivity index (χ4v) is 2.17. The molecule has 0 aliphatic carbocycles. The highest BCUT2D eigenvalue weighted by Gasteiger charge is 2.35. The summed E-state index contributed by atoms with van der Waals surface area (Å²) in [5.74, 6) is -1.06. The molecule has 0 radical (unpaired) electrons. The maximum absolute atomic E-state index is 12.0. The molecule has 3 N–H and O–H groups in total. The second-order valence-electron chi connectivity index (χ2n) is 4.92. The molecule has 19 heavy (non-hydrogen) atoms. The minimum Gasteiger partial charge on any atom is -0.476 e. The Morgan fingerprint density at radius 1 is 1.63 bits per heavy atom. The van der Waals surface area contributed by atoms with Gasteiger partial charge in [-0.25, -0.2) is 9.78 Å². The number of carbonyl (C=O) groups is 2. The van der Waals surface area contributed by atoms with E-state index in [4.69, 9.17) is 5.11 Å². The van der Waals surface area contributed by atoms with Gasteiger partial charge in [0, 0.05) is 19.3 Å². The molecule has 2 heterocycles. The Balaban J connectivity index is 1.79. The first kappa shape index (κ1) is 13.5. The number of carbonyl (C=O) groups excluding carboxylic acids is 1. The second kappa shape index (κ2) is 5.40. The van der Waals surface area contributed by atoms with E-state index in [1.165, 1.54) is 12.5 Å². The first-order chi connectivity index (χ1) is 9.01. The lowest BCUT2D eigenvalue weighted by molar-refractivity contribution is -0.126. The number of nitrogens with zero attached hydrogens (tertiary/aromatic N) is 2. The standard InChI is InChI=1S/C12H18N4O3/c1-12(3-2-4-15-12)11(19)13-5-6-16-7-9(10(17)18)14-8-16/h7-8,15H,2-6H2,1H3,(H,13,19)(H,17,18). The van der Waals surface area contributed by atoms with Crippen molar-refractivity contribution in [3.05, 3.63) is 18.2 Å². The van der Waals surface area contributed by atoms with Crippen LogP contribution >= 0.6 is 0 Å². The topological polar surface area (TPSA) is 96.2 Å². The maximum atomic E-state index is 12.0. The lowest BCUT2D eigenvalue weighted by atomic mass is 9.99. The third-order valence-electron chi connectivity index (χ3n) is 3.38. The van der Waals surface area contributed by atoms with E-state index in [0.29, 0.717) is 13.1 Å². The van der Waals surface area contributed by atoms with Crippen LogP contribution in [0.4, 0.5) is 0 Å². The highest BCUT2D eigenvalue weighted by atomic mass is 16.4. The molecule has 1 saturated heterocycles. The lowest BCUT2D eigenvalue weighted by Crippen LogP contribution is -2.51. The highest BCUT2D eigenvalue weighted by Crippen LogP contribution is 2.18. The first-order valence-corrected chi connectivity index (χ1v) is 6.30. The number of carboxylic acid groups (broad SMARTS) is 1. The van der Waals surface area contributed by atoms with Gasteiger partial charge in [-0.05, 0) is 26.3 Å². The van der Waals surface area contributed by atoms with Gasteiger partial charge in [-0.2, -0.15) is 0 Å². The summed E-state index contributed by atoms with van der Waals surface area (Å²) in [4.78, 5) is 26.4. The fraction of sp³-hybridized carbons (Fsp3) is 0.583. The van der Waals surface area contributed by atoms with Crippen LogP contribution in [0.2, 0.25) is 0 Å². The van der Waals surface area contributed by atoms with Crippen molar-refractivity contribution in [2.45, 2.75) is 31.8 Å². The Morgan fingerprint density at radius 3 is 3.00 bits per heavy atom. The molecule has 7 heteroatoms. The molecule has 1 aromatic heterocycles. The zero-order chi connectivity index (χ0) is 13.9. The van der Waals surface area contributed by atoms with Crippen LogP contribution < -0.4 is 10.6 Å². The van der Waals surface area contributed by atoms with Crippen LogP contribution in [0.25, 0.3) is 0 Å². The third-order valence-corrected chi connectivity index (χ3v) is 3.38. The van der Waals surface area contributed by atoms with Crippen molar-refractivity contribution in [3.8, 4) is 0 Å². The molecule has 1 unspecified atom stereocenters. The normalized spacial score (nSPS) is 22.4. The molecule has 0 bridgehead atoms. The maximum Gasteiger partial charge on any atom is 0.356 e. The van der Waals surface area contributed by atoms with Gasteiger partial charge in [0.05, 0.1) is 11.9 Å². The van der Waals surface area contributed by atoms with E-state index in [0.717, 1.165) is 19.4 Å². The molecule has 104 valence electrons. The van der Waals surface area contributed by atoms with E-state index in [-0.39, 0.29) is 11.6 Å². The molecule has 1 aromatic rings. The number of carboxylic acids is 1. The zero-order valence-corrected chi connectivity index (χ0v) is 10.8. The van der Waals surface area contributed by atoms with Gasteiger partial charge in [-0.15, -0.1) is 0 Å². The van der Waals surface area contributed by atoms with Gasteiger partial charge in [0.25, 0.3) is 0 Å². The summed E-state index contributed by atoms with van der Waals surface area (Å²) in [5.41, 5.74) is -0.461. The molecule has 1 fully saturated rings. The van der Waals surface area contributed by atoms with Crippen molar-refractivity contribution >= 4 is 11.9 Å². The molecule has 1 amide bonds. The minimum atomic E-state index is -1.05. The van der Waals surface area contributed by atoms with Crippen LogP contribution in [0.5, 0.6) is 0 Å². The predicted molar refractivity (Wildman–Crippen MR) is 67.8 cm³/mol. The van der Waals surface area contributed by atoms with Gasteiger partial charge in [-0.1, -0.05) is 0 Å². The van der Waals surface area contributed by atoms with Crippen molar-refractivity contribution in [1.29, 1.82) is 0 Å². The van der Waals surface area contributed by atoms with Crippen molar-refractivity contribution in [1.82, 2.24) is 20.2 Å². The lowest BCUT2D eigenvalue weighted by Gasteiger charge is -2.23. The number of aromatic carboxylic acids is 1. The van der Waals surface area contributed by atoms with Crippen LogP contribution in [0.15, 0.2) is 12.5 Å². The van der Waals surface area contributed by atoms with Crippen molar-refractivity contribution < 1.29 is 14.7 Å². The number of aromatic nitrogens is 2. The van der Waals surface area contributed by atoms with Gasteiger partial charge in [0.15, 0.2) is 5.69 Å². The van der Waals surface area contributed by atoms with E-state index in [9.17, 15) is 9.59 Å². The van der Waals surface area contributed by atoms with Crippen LogP contribution in [-0.2, 0) is 11.3 Å². The van der Waals surface area contributed by atoms with Crippen molar-refractivity contribution in [2.75, 3.05) is 13.1 Å². The van der Waals surface area contributed by atoms with Crippen LogP contribution in [0.3, 0.4) is 0 Å². The van der Waals surface area contributed by atoms with Gasteiger partial charge in [-0.3, -0.25) is 4.79 Å². The summed E-state index contributed by atoms with van der Waals surface area (Å²) in [6, 6.07) is 0. The molecule has 1 aliphatic heterocycles. The molecular weight excluding hydrogens is 248 g/mol. The number of amides is 1. The first-order valence-electron chi connectivity index (χ1n) is 6.30. The number of hydrogen-bond donors (Lipinski definition) is 3. The Hall–Kier alpha value is -1.89. The van der Waals surface area contributed by atoms with Gasteiger partial charge in [0.1, 0.15) is 0 Å². The quantitative estimate of drug-likeness (QED) is 0.688. The van der Waals surface area contributed by atoms with E-state index in [2.05, 4.69) is 15.6 Å². The summed E-state index contributed by atoms with van der Waals surface area (Å²) < 4.78 is 1.65. The number of rotatable bonds is 5. The summed E-state index contributed by atoms with van der Waals surface area (Å²) >= 11 is 0. The van der Waals surface area contributed by atoms with E-state index >= 15 is 0 Å². The molecular formula is C12H18N4O3. The zero-order valence-electron chi connectivity index (χ0n) is 10.8. The Bertz CT molecular complexity index is 477. The average Bonchev–Trinajstić information content (AvgIpc) is 2.99. The molecule has 1 aliphatic rings. The van der Waals surface area contributed by atoms with E-state index in [1.807, 2.05) is 6.92 Å². The summed E-state index contributed by atoms with van der Waals surface area (Å²) in [6.45, 7) is 3.72. The number of imidazole rings is 1. The largest absolute Gasteiger partial charge is 0.476 e. The predicted octanol–water partition coefficient (Wildman–Crippen LogP) is -0.160. The molecule has 0 spiro atoms. The van der Waals surface area contributed by atoms with Crippen LogP contribution in [0.1, 0.15) is 30.3 Å². The third kappa shape index (κ3) is 3.11. The van der Waals surface area contributed by atoms with Crippen LogP contribution in [0, 0.1) is 0 Å². The number of hydrogen-bond acceptors (Lipinski definition) is 4. The summed E-state index contributed by atoms with van der Waals surface area (Å²) in [5, 5.41) is 14.8. The van der Waals surface area contributed by atoms with E-state index in [1.54, 1.807) is 4.57 Å². The summed E-state index contributed by atoms with van der Waals surface area (Å²) in [6.07, 6.45) is 4.75. The Morgan fingerprint density at radius 2 is 2.42 bits per heavy atom. The van der Waals surface area contributed by atoms with Gasteiger partial charge >= 0.3 is 5.97 Å². The molecule has 7 nitrogen and oxygen atoms in total. The number of nitrogens with one attached hydrogen (secondary N) is 2. The van der Waals surface area contributed by atoms with E-state index < -0.39 is 11.5 Å². The smallest absolute Gasteiger partial charge is 0.356 e. The molecule has 0 saturated carbocycles. The van der Waals surface area contributed by atoms with Crippen LogP contribution in [-0.4, -0.2) is 45.2 Å². The van der Waals surface area contributed by atoms with Crippen molar-refractivity contribution in [2.24, 2.45) is 0 Å². The fourth-order valence-electron chi connectivity index (χ4n) is 2.17. The van der Waals surface area contributed by atoms with Gasteiger partial charge in [0.2, 0.25) is 5.91 Å². The van der Waals surface area contributed by atoms with Crippen molar-refractivity contribution in [3.63, 3.8) is 0 Å². The van der Waals surface area contributed by atoms with Gasteiger partial charge < -0.3 is 20.3 Å².